The van der Waals surface area contributed by atoms with Gasteiger partial charge in [0, 0.05) is 16.9 Å². The van der Waals surface area contributed by atoms with E-state index in [1.54, 1.807) is 24.3 Å². The Morgan fingerprint density at radius 2 is 1.48 bits per heavy atom. The summed E-state index contributed by atoms with van der Waals surface area (Å²) in [6.45, 7) is 7.89. The number of hydrogen-bond acceptors (Lipinski definition) is 2. The van der Waals surface area contributed by atoms with Gasteiger partial charge in [-0.2, -0.15) is 0 Å². The molecular formula is C19H22N2O2. The topological polar surface area (TPSA) is 58.2 Å². The maximum absolute atomic E-state index is 12.1. The summed E-state index contributed by atoms with van der Waals surface area (Å²) in [6, 6.07) is 14.3. The number of urea groups is 1. The van der Waals surface area contributed by atoms with Crippen LogP contribution in [0.15, 0.2) is 48.5 Å². The highest BCUT2D eigenvalue weighted by atomic mass is 16.2. The minimum atomic E-state index is -0.313. The number of Topliss-reactive ketones (excluding diaryl/α,β-unsaturated/α-hetero) is 1. The first-order chi connectivity index (χ1) is 10.8. The molecule has 0 spiro atoms. The molecule has 0 bridgehead atoms. The lowest BCUT2D eigenvalue weighted by Gasteiger charge is -2.20. The Labute approximate surface area is 136 Å². The second-order valence-electron chi connectivity index (χ2n) is 6.54. The third-order valence-electron chi connectivity index (χ3n) is 3.54. The number of carbonyl (C=O) groups excluding carboxylic acids is 2. The minimum Gasteiger partial charge on any atom is -0.308 e. The summed E-state index contributed by atoms with van der Waals surface area (Å²) in [6.07, 6.45) is 0. The van der Waals surface area contributed by atoms with Crippen molar-refractivity contribution in [1.29, 1.82) is 0 Å². The van der Waals surface area contributed by atoms with E-state index in [0.717, 1.165) is 11.3 Å². The van der Waals surface area contributed by atoms with E-state index in [1.807, 2.05) is 24.3 Å². The first-order valence-electron chi connectivity index (χ1n) is 7.55. The number of anilines is 2. The molecular weight excluding hydrogens is 288 g/mol. The number of rotatable bonds is 3. The maximum Gasteiger partial charge on any atom is 0.323 e. The van der Waals surface area contributed by atoms with Crippen LogP contribution in [0.5, 0.6) is 0 Å². The van der Waals surface area contributed by atoms with Gasteiger partial charge >= 0.3 is 6.03 Å². The van der Waals surface area contributed by atoms with E-state index in [1.165, 1.54) is 6.92 Å². The van der Waals surface area contributed by atoms with E-state index < -0.39 is 0 Å². The van der Waals surface area contributed by atoms with E-state index in [-0.39, 0.29) is 17.2 Å². The molecule has 0 heterocycles. The number of benzene rings is 2. The van der Waals surface area contributed by atoms with Gasteiger partial charge in [0.2, 0.25) is 0 Å². The minimum absolute atomic E-state index is 0.00000300. The monoisotopic (exact) mass is 310 g/mol. The summed E-state index contributed by atoms with van der Waals surface area (Å²) in [5.74, 6) is -0.00000300. The summed E-state index contributed by atoms with van der Waals surface area (Å²) >= 11 is 0. The van der Waals surface area contributed by atoms with Gasteiger partial charge in [-0.25, -0.2) is 4.79 Å². The molecule has 2 N–H and O–H groups in total. The van der Waals surface area contributed by atoms with Crippen LogP contribution in [0.25, 0.3) is 0 Å². The Morgan fingerprint density at radius 3 is 2.04 bits per heavy atom. The highest BCUT2D eigenvalue weighted by molar-refractivity contribution is 6.00. The summed E-state index contributed by atoms with van der Waals surface area (Å²) in [7, 11) is 0. The lowest BCUT2D eigenvalue weighted by molar-refractivity contribution is 0.101. The fourth-order valence-corrected chi connectivity index (χ4v) is 2.15. The van der Waals surface area contributed by atoms with Crippen LogP contribution in [0.4, 0.5) is 16.2 Å². The largest absolute Gasteiger partial charge is 0.323 e. The van der Waals surface area contributed by atoms with Gasteiger partial charge in [-0.3, -0.25) is 4.79 Å². The molecule has 0 aliphatic rings. The molecule has 4 heteroatoms. The molecule has 0 unspecified atom stereocenters. The second-order valence-corrected chi connectivity index (χ2v) is 6.54. The van der Waals surface area contributed by atoms with Crippen molar-refractivity contribution in [2.45, 2.75) is 33.1 Å². The molecule has 0 atom stereocenters. The van der Waals surface area contributed by atoms with E-state index in [0.29, 0.717) is 11.3 Å². The molecule has 0 saturated heterocycles. The first kappa shape index (κ1) is 16.7. The molecule has 0 aliphatic carbocycles. The fraction of sp³-hybridized carbons (Fsp3) is 0.263. The third-order valence-corrected chi connectivity index (χ3v) is 3.54. The molecule has 2 aromatic rings. The van der Waals surface area contributed by atoms with Crippen molar-refractivity contribution in [3.05, 3.63) is 59.7 Å². The predicted octanol–water partition coefficient (Wildman–Crippen LogP) is 4.83. The molecule has 23 heavy (non-hydrogen) atoms. The molecule has 2 rings (SSSR count). The molecule has 0 fully saturated rings. The van der Waals surface area contributed by atoms with Crippen molar-refractivity contribution >= 4 is 23.2 Å². The molecule has 120 valence electrons. The van der Waals surface area contributed by atoms with Gasteiger partial charge in [-0.15, -0.1) is 0 Å². The van der Waals surface area contributed by atoms with Crippen molar-refractivity contribution < 1.29 is 9.59 Å². The zero-order chi connectivity index (χ0) is 17.0. The summed E-state index contributed by atoms with van der Waals surface area (Å²) in [5.41, 5.74) is 3.18. The van der Waals surface area contributed by atoms with Gasteiger partial charge in [-0.1, -0.05) is 32.9 Å². The molecule has 0 aromatic heterocycles. The van der Waals surface area contributed by atoms with Gasteiger partial charge < -0.3 is 10.6 Å². The van der Waals surface area contributed by atoms with E-state index in [9.17, 15) is 9.59 Å². The standard InChI is InChI=1S/C19H22N2O2/c1-13(22)14-8-10-16(11-9-14)20-18(23)21-17-7-5-6-15(12-17)19(2,3)4/h5-12H,1-4H3,(H2,20,21,23). The van der Waals surface area contributed by atoms with Gasteiger partial charge in [0.25, 0.3) is 0 Å². The lowest BCUT2D eigenvalue weighted by Crippen LogP contribution is -2.20. The van der Waals surface area contributed by atoms with Gasteiger partial charge in [-0.05, 0) is 54.3 Å². The summed E-state index contributed by atoms with van der Waals surface area (Å²) < 4.78 is 0. The van der Waals surface area contributed by atoms with Crippen molar-refractivity contribution in [1.82, 2.24) is 0 Å². The molecule has 0 aliphatic heterocycles. The SMILES string of the molecule is CC(=O)c1ccc(NC(=O)Nc2cccc(C(C)(C)C)c2)cc1. The number of hydrogen-bond donors (Lipinski definition) is 2. The van der Waals surface area contributed by atoms with Crippen molar-refractivity contribution in [3.8, 4) is 0 Å². The van der Waals surface area contributed by atoms with E-state index in [2.05, 4.69) is 31.4 Å². The highest BCUT2D eigenvalue weighted by Crippen LogP contribution is 2.24. The predicted molar refractivity (Wildman–Crippen MR) is 94.2 cm³/mol. The van der Waals surface area contributed by atoms with Crippen LogP contribution >= 0.6 is 0 Å². The van der Waals surface area contributed by atoms with Crippen molar-refractivity contribution in [2.24, 2.45) is 0 Å². The van der Waals surface area contributed by atoms with Crippen molar-refractivity contribution in [2.75, 3.05) is 10.6 Å². The van der Waals surface area contributed by atoms with E-state index in [4.69, 9.17) is 0 Å². The third kappa shape index (κ3) is 4.68. The Hall–Kier alpha value is -2.62. The van der Waals surface area contributed by atoms with Crippen molar-refractivity contribution in [3.63, 3.8) is 0 Å². The molecule has 0 radical (unpaired) electrons. The fourth-order valence-electron chi connectivity index (χ4n) is 2.15. The average Bonchev–Trinajstić information content (AvgIpc) is 2.47. The Kier molecular flexibility index (Phi) is 4.84. The zero-order valence-corrected chi connectivity index (χ0v) is 13.9. The second kappa shape index (κ2) is 6.65. The molecule has 2 amide bonds. The first-order valence-corrected chi connectivity index (χ1v) is 7.55. The number of ketones is 1. The Morgan fingerprint density at radius 1 is 0.870 bits per heavy atom. The van der Waals surface area contributed by atoms with Crippen LogP contribution in [0, 0.1) is 0 Å². The summed E-state index contributed by atoms with van der Waals surface area (Å²) in [5, 5.41) is 5.58. The van der Waals surface area contributed by atoms with Crippen LogP contribution in [-0.4, -0.2) is 11.8 Å². The smallest absolute Gasteiger partial charge is 0.308 e. The Bertz CT molecular complexity index is 713. The summed E-state index contributed by atoms with van der Waals surface area (Å²) in [4.78, 5) is 23.3. The van der Waals surface area contributed by atoms with Crippen LogP contribution in [0.1, 0.15) is 43.6 Å². The normalized spacial score (nSPS) is 11.0. The van der Waals surface area contributed by atoms with Crippen LogP contribution in [0.2, 0.25) is 0 Å². The number of amides is 2. The Balaban J connectivity index is 2.03. The number of nitrogens with one attached hydrogen (secondary N) is 2. The van der Waals surface area contributed by atoms with Crippen LogP contribution in [-0.2, 0) is 5.41 Å². The zero-order valence-electron chi connectivity index (χ0n) is 13.9. The van der Waals surface area contributed by atoms with Crippen LogP contribution < -0.4 is 10.6 Å². The van der Waals surface area contributed by atoms with Gasteiger partial charge in [0.15, 0.2) is 5.78 Å². The maximum atomic E-state index is 12.1. The van der Waals surface area contributed by atoms with Crippen LogP contribution in [0.3, 0.4) is 0 Å². The molecule has 0 saturated carbocycles. The highest BCUT2D eigenvalue weighted by Gasteiger charge is 2.14. The molecule has 4 nitrogen and oxygen atoms in total. The quantitative estimate of drug-likeness (QED) is 0.798. The van der Waals surface area contributed by atoms with E-state index >= 15 is 0 Å². The average molecular weight is 310 g/mol. The molecule has 2 aromatic carbocycles. The lowest BCUT2D eigenvalue weighted by atomic mass is 9.87. The van der Waals surface area contributed by atoms with Gasteiger partial charge in [0.1, 0.15) is 0 Å². The van der Waals surface area contributed by atoms with Gasteiger partial charge in [0.05, 0.1) is 0 Å². The number of carbonyl (C=O) groups is 2.